The van der Waals surface area contributed by atoms with Crippen LogP contribution in [0.15, 0.2) is 6.20 Å². The molecule has 2 rings (SSSR count). The van der Waals surface area contributed by atoms with E-state index < -0.39 is 32.7 Å². The Bertz CT molecular complexity index is 699. The molecule has 9 heteroatoms. The van der Waals surface area contributed by atoms with E-state index in [9.17, 15) is 23.4 Å². The molecule has 8 nitrogen and oxygen atoms in total. The van der Waals surface area contributed by atoms with E-state index in [1.165, 1.54) is 4.68 Å². The highest BCUT2D eigenvalue weighted by molar-refractivity contribution is 7.91. The summed E-state index contributed by atoms with van der Waals surface area (Å²) in [4.78, 5) is 11.5. The van der Waals surface area contributed by atoms with Crippen LogP contribution in [0.5, 0.6) is 0 Å². The topological polar surface area (TPSA) is 136 Å². The SMILES string of the molecule is CCn1cc(C[C@]2(O)CC[C@@H](S(C)(=O)=O)C[C@H]2O)c(C(N)=O)n1. The molecule has 0 spiro atoms. The van der Waals surface area contributed by atoms with Gasteiger partial charge >= 0.3 is 0 Å². The van der Waals surface area contributed by atoms with Gasteiger partial charge in [0.2, 0.25) is 0 Å². The molecule has 1 amide bonds. The Labute approximate surface area is 135 Å². The second-order valence-electron chi connectivity index (χ2n) is 6.24. The molecule has 1 saturated carbocycles. The van der Waals surface area contributed by atoms with Crippen molar-refractivity contribution in [1.82, 2.24) is 9.78 Å². The third-order valence-electron chi connectivity index (χ3n) is 4.50. The summed E-state index contributed by atoms with van der Waals surface area (Å²) >= 11 is 0. The molecule has 4 N–H and O–H groups in total. The lowest BCUT2D eigenvalue weighted by Gasteiger charge is -2.39. The zero-order chi connectivity index (χ0) is 17.4. The van der Waals surface area contributed by atoms with Crippen molar-refractivity contribution in [3.8, 4) is 0 Å². The first kappa shape index (κ1) is 17.9. The van der Waals surface area contributed by atoms with Crippen molar-refractivity contribution in [3.05, 3.63) is 17.5 Å². The molecule has 0 unspecified atom stereocenters. The van der Waals surface area contributed by atoms with Crippen LogP contribution in [0.25, 0.3) is 0 Å². The summed E-state index contributed by atoms with van der Waals surface area (Å²) in [6.07, 6.45) is 1.92. The number of nitrogens with two attached hydrogens (primary N) is 1. The maximum atomic E-state index is 11.6. The molecule has 1 fully saturated rings. The Hall–Kier alpha value is -1.45. The van der Waals surface area contributed by atoms with Crippen LogP contribution in [-0.2, 0) is 22.8 Å². The van der Waals surface area contributed by atoms with E-state index >= 15 is 0 Å². The quantitative estimate of drug-likeness (QED) is 0.641. The Morgan fingerprint density at radius 1 is 1.57 bits per heavy atom. The minimum Gasteiger partial charge on any atom is -0.390 e. The molecule has 1 aromatic rings. The number of aromatic nitrogens is 2. The van der Waals surface area contributed by atoms with Gasteiger partial charge in [-0.2, -0.15) is 5.10 Å². The average Bonchev–Trinajstić information content (AvgIpc) is 2.84. The molecule has 1 aliphatic carbocycles. The molecule has 3 atom stereocenters. The van der Waals surface area contributed by atoms with Crippen LogP contribution in [0, 0.1) is 0 Å². The molecule has 1 heterocycles. The monoisotopic (exact) mass is 345 g/mol. The van der Waals surface area contributed by atoms with Gasteiger partial charge in [-0.05, 0) is 26.2 Å². The predicted molar refractivity (Wildman–Crippen MR) is 83.6 cm³/mol. The fourth-order valence-corrected chi connectivity index (χ4v) is 4.13. The lowest BCUT2D eigenvalue weighted by molar-refractivity contribution is -0.0979. The van der Waals surface area contributed by atoms with Crippen LogP contribution < -0.4 is 5.73 Å². The Kier molecular flexibility index (Phi) is 4.84. The summed E-state index contributed by atoms with van der Waals surface area (Å²) in [5, 5.41) is 24.4. The van der Waals surface area contributed by atoms with E-state index in [4.69, 9.17) is 5.73 Å². The number of sulfone groups is 1. The summed E-state index contributed by atoms with van der Waals surface area (Å²) < 4.78 is 24.8. The molecule has 0 saturated heterocycles. The summed E-state index contributed by atoms with van der Waals surface area (Å²) in [6, 6.07) is 0. The van der Waals surface area contributed by atoms with Gasteiger partial charge in [-0.15, -0.1) is 0 Å². The van der Waals surface area contributed by atoms with Crippen LogP contribution >= 0.6 is 0 Å². The number of aliphatic hydroxyl groups is 2. The highest BCUT2D eigenvalue weighted by atomic mass is 32.2. The molecule has 0 radical (unpaired) electrons. The highest BCUT2D eigenvalue weighted by Crippen LogP contribution is 2.35. The smallest absolute Gasteiger partial charge is 0.269 e. The largest absolute Gasteiger partial charge is 0.390 e. The second kappa shape index (κ2) is 6.21. The number of primary amides is 1. The number of amides is 1. The lowest BCUT2D eigenvalue weighted by atomic mass is 9.78. The summed E-state index contributed by atoms with van der Waals surface area (Å²) in [6.45, 7) is 2.39. The minimum atomic E-state index is -3.26. The molecule has 0 aromatic carbocycles. The normalized spacial score (nSPS) is 28.7. The molecular weight excluding hydrogens is 322 g/mol. The van der Waals surface area contributed by atoms with E-state index in [1.54, 1.807) is 6.20 Å². The van der Waals surface area contributed by atoms with Crippen molar-refractivity contribution in [1.29, 1.82) is 0 Å². The van der Waals surface area contributed by atoms with Crippen molar-refractivity contribution < 1.29 is 23.4 Å². The standard InChI is InChI=1S/C14H23N3O5S/c1-3-17-8-9(12(16-17)13(15)19)7-14(20)5-4-10(6-11(14)18)23(2,21)22/h8,10-11,18,20H,3-7H2,1-2H3,(H2,15,19)/t10-,11-,14-/m1/s1. The molecule has 0 aliphatic heterocycles. The van der Waals surface area contributed by atoms with E-state index in [2.05, 4.69) is 5.10 Å². The number of hydrogen-bond acceptors (Lipinski definition) is 6. The van der Waals surface area contributed by atoms with Crippen molar-refractivity contribution >= 4 is 15.7 Å². The first-order valence-corrected chi connectivity index (χ1v) is 9.47. The number of rotatable bonds is 5. The molecule has 0 bridgehead atoms. The van der Waals surface area contributed by atoms with Crippen LogP contribution in [0.2, 0.25) is 0 Å². The minimum absolute atomic E-state index is 0.00290. The third kappa shape index (κ3) is 3.73. The van der Waals surface area contributed by atoms with Gasteiger partial charge in [0.25, 0.3) is 5.91 Å². The fraction of sp³-hybridized carbons (Fsp3) is 0.714. The van der Waals surface area contributed by atoms with Gasteiger partial charge in [-0.1, -0.05) is 0 Å². The first-order valence-electron chi connectivity index (χ1n) is 7.52. The Morgan fingerprint density at radius 3 is 2.70 bits per heavy atom. The van der Waals surface area contributed by atoms with Crippen molar-refractivity contribution in [2.24, 2.45) is 5.73 Å². The third-order valence-corrected chi connectivity index (χ3v) is 6.14. The van der Waals surface area contributed by atoms with Gasteiger partial charge < -0.3 is 15.9 Å². The van der Waals surface area contributed by atoms with Crippen LogP contribution in [-0.4, -0.2) is 57.5 Å². The average molecular weight is 345 g/mol. The van der Waals surface area contributed by atoms with Gasteiger partial charge in [-0.3, -0.25) is 9.48 Å². The molecule has 23 heavy (non-hydrogen) atoms. The number of carbonyl (C=O) groups is 1. The lowest BCUT2D eigenvalue weighted by Crippen LogP contribution is -2.51. The van der Waals surface area contributed by atoms with Crippen LogP contribution in [0.1, 0.15) is 42.2 Å². The predicted octanol–water partition coefficient (Wildman–Crippen LogP) is -0.766. The van der Waals surface area contributed by atoms with Gasteiger partial charge in [-0.25, -0.2) is 8.42 Å². The zero-order valence-electron chi connectivity index (χ0n) is 13.3. The van der Waals surface area contributed by atoms with Crippen molar-refractivity contribution in [3.63, 3.8) is 0 Å². The maximum absolute atomic E-state index is 11.6. The molecular formula is C14H23N3O5S. The Morgan fingerprint density at radius 2 is 2.22 bits per heavy atom. The van der Waals surface area contributed by atoms with Crippen LogP contribution in [0.3, 0.4) is 0 Å². The van der Waals surface area contributed by atoms with Crippen molar-refractivity contribution in [2.75, 3.05) is 6.26 Å². The number of aryl methyl sites for hydroxylation is 1. The zero-order valence-corrected chi connectivity index (χ0v) is 14.1. The number of carbonyl (C=O) groups excluding carboxylic acids is 1. The number of nitrogens with zero attached hydrogens (tertiary/aromatic N) is 2. The number of hydrogen-bond donors (Lipinski definition) is 3. The second-order valence-corrected chi connectivity index (χ2v) is 8.57. The molecule has 130 valence electrons. The highest BCUT2D eigenvalue weighted by Gasteiger charge is 2.44. The van der Waals surface area contributed by atoms with Gasteiger partial charge in [0.05, 0.1) is 17.0 Å². The molecule has 1 aromatic heterocycles. The summed E-state index contributed by atoms with van der Waals surface area (Å²) in [5.41, 5.74) is 4.34. The summed E-state index contributed by atoms with van der Waals surface area (Å²) in [5.74, 6) is -0.699. The maximum Gasteiger partial charge on any atom is 0.269 e. The fourth-order valence-electron chi connectivity index (χ4n) is 3.05. The number of aliphatic hydroxyl groups excluding tert-OH is 1. The van der Waals surface area contributed by atoms with E-state index in [0.717, 1.165) is 6.26 Å². The molecule has 1 aliphatic rings. The summed E-state index contributed by atoms with van der Waals surface area (Å²) in [7, 11) is -3.26. The first-order chi connectivity index (χ1) is 10.6. The van der Waals surface area contributed by atoms with E-state index in [-0.39, 0.29) is 31.4 Å². The van der Waals surface area contributed by atoms with Gasteiger partial charge in [0.15, 0.2) is 5.69 Å². The van der Waals surface area contributed by atoms with Crippen LogP contribution in [0.4, 0.5) is 0 Å². The van der Waals surface area contributed by atoms with E-state index in [0.29, 0.717) is 12.1 Å². The van der Waals surface area contributed by atoms with Gasteiger partial charge in [0, 0.05) is 31.0 Å². The Balaban J connectivity index is 2.23. The van der Waals surface area contributed by atoms with Gasteiger partial charge in [0.1, 0.15) is 9.84 Å². The van der Waals surface area contributed by atoms with Crippen molar-refractivity contribution in [2.45, 2.75) is 56.1 Å². The van der Waals surface area contributed by atoms with E-state index in [1.807, 2.05) is 6.92 Å².